The third-order valence-corrected chi connectivity index (χ3v) is 4.27. The number of aliphatic carboxylic acids is 1. The number of hydrogen-bond acceptors (Lipinski definition) is 7. The smallest absolute Gasteiger partial charge is 0.313 e. The van der Waals surface area contributed by atoms with E-state index in [-0.39, 0.29) is 11.8 Å². The highest BCUT2D eigenvalue weighted by Gasteiger charge is 2.19. The summed E-state index contributed by atoms with van der Waals surface area (Å²) in [7, 11) is 1.92. The fraction of sp³-hybridized carbons (Fsp3) is 0.500. The van der Waals surface area contributed by atoms with Crippen LogP contribution < -0.4 is 4.90 Å². The summed E-state index contributed by atoms with van der Waals surface area (Å²) in [6.07, 6.45) is 0. The quantitative estimate of drug-likeness (QED) is 0.780. The molecular formula is C12H17N5O2S2. The van der Waals surface area contributed by atoms with E-state index in [4.69, 9.17) is 5.11 Å². The summed E-state index contributed by atoms with van der Waals surface area (Å²) >= 11 is 2.73. The summed E-state index contributed by atoms with van der Waals surface area (Å²) in [6.45, 7) is 4.68. The van der Waals surface area contributed by atoms with Gasteiger partial charge >= 0.3 is 5.97 Å². The predicted molar refractivity (Wildman–Crippen MR) is 83.0 cm³/mol. The van der Waals surface area contributed by atoms with Crippen molar-refractivity contribution in [2.75, 3.05) is 17.7 Å². The second-order valence-corrected chi connectivity index (χ2v) is 6.43. The van der Waals surface area contributed by atoms with Gasteiger partial charge in [0.1, 0.15) is 0 Å². The van der Waals surface area contributed by atoms with Gasteiger partial charge in [0.2, 0.25) is 5.95 Å². The van der Waals surface area contributed by atoms with E-state index in [1.165, 1.54) is 11.8 Å². The zero-order valence-corrected chi connectivity index (χ0v) is 13.7. The average molecular weight is 327 g/mol. The van der Waals surface area contributed by atoms with E-state index in [2.05, 4.69) is 15.2 Å². The van der Waals surface area contributed by atoms with Crippen LogP contribution in [0.3, 0.4) is 0 Å². The molecule has 2 aromatic heterocycles. The average Bonchev–Trinajstić information content (AvgIpc) is 3.04. The highest BCUT2D eigenvalue weighted by atomic mass is 32.2. The first-order valence-electron chi connectivity index (χ1n) is 6.36. The van der Waals surface area contributed by atoms with Crippen LogP contribution in [-0.2, 0) is 11.3 Å². The van der Waals surface area contributed by atoms with E-state index in [0.29, 0.717) is 17.6 Å². The van der Waals surface area contributed by atoms with Crippen LogP contribution in [0, 0.1) is 0 Å². The Morgan fingerprint density at radius 2 is 2.29 bits per heavy atom. The number of thioether (sulfide) groups is 1. The molecule has 114 valence electrons. The van der Waals surface area contributed by atoms with E-state index in [0.717, 1.165) is 5.69 Å². The number of carboxylic acids is 1. The molecule has 2 aromatic rings. The molecule has 0 aliphatic heterocycles. The minimum atomic E-state index is -0.865. The highest BCUT2D eigenvalue weighted by molar-refractivity contribution is 7.99. The molecule has 1 N–H and O–H groups in total. The van der Waals surface area contributed by atoms with Gasteiger partial charge in [-0.1, -0.05) is 11.8 Å². The normalized spacial score (nSPS) is 11.0. The predicted octanol–water partition coefficient (Wildman–Crippen LogP) is 2.13. The Hall–Kier alpha value is -1.61. The lowest BCUT2D eigenvalue weighted by Crippen LogP contribution is -2.22. The molecule has 0 unspecified atom stereocenters. The van der Waals surface area contributed by atoms with E-state index in [1.54, 1.807) is 16.8 Å². The largest absolute Gasteiger partial charge is 0.481 e. The Morgan fingerprint density at radius 3 is 2.86 bits per heavy atom. The van der Waals surface area contributed by atoms with E-state index >= 15 is 0 Å². The summed E-state index contributed by atoms with van der Waals surface area (Å²) in [5.41, 5.74) is 2.77. The summed E-state index contributed by atoms with van der Waals surface area (Å²) < 4.78 is 1.94. The molecular weight excluding hydrogens is 310 g/mol. The summed E-state index contributed by atoms with van der Waals surface area (Å²) in [5.74, 6) is -0.178. The lowest BCUT2D eigenvalue weighted by Gasteiger charge is -2.20. The number of nitrogens with zero attached hydrogens (tertiary/aromatic N) is 5. The standard InChI is InChI=1S/C12H17N5O2S2/c1-8(2)17-11(14-15-12(17)21-6-10(18)19)16(3)4-9-5-20-7-13-9/h5,7-8H,4,6H2,1-3H3,(H,18,19). The molecule has 0 saturated carbocycles. The number of carbonyl (C=O) groups is 1. The van der Waals surface area contributed by atoms with Crippen LogP contribution >= 0.6 is 23.1 Å². The molecule has 0 aromatic carbocycles. The molecule has 0 fully saturated rings. The van der Waals surface area contributed by atoms with Gasteiger partial charge in [-0.05, 0) is 13.8 Å². The Labute approximate surface area is 131 Å². The van der Waals surface area contributed by atoms with Gasteiger partial charge in [0.05, 0.1) is 23.5 Å². The van der Waals surface area contributed by atoms with Crippen LogP contribution in [0.25, 0.3) is 0 Å². The van der Waals surface area contributed by atoms with Crippen molar-refractivity contribution in [3.8, 4) is 0 Å². The van der Waals surface area contributed by atoms with Gasteiger partial charge in [-0.25, -0.2) is 4.98 Å². The van der Waals surface area contributed by atoms with Crippen LogP contribution in [0.5, 0.6) is 0 Å². The number of rotatable bonds is 7. The van der Waals surface area contributed by atoms with Gasteiger partial charge in [-0.15, -0.1) is 21.5 Å². The minimum Gasteiger partial charge on any atom is -0.481 e. The lowest BCUT2D eigenvalue weighted by atomic mass is 10.4. The number of thiazole rings is 1. The van der Waals surface area contributed by atoms with Gasteiger partial charge in [0.15, 0.2) is 5.16 Å². The van der Waals surface area contributed by atoms with Crippen LogP contribution in [0.1, 0.15) is 25.6 Å². The first-order chi connectivity index (χ1) is 9.99. The highest BCUT2D eigenvalue weighted by Crippen LogP contribution is 2.26. The molecule has 0 amide bonds. The van der Waals surface area contributed by atoms with E-state index < -0.39 is 5.97 Å². The van der Waals surface area contributed by atoms with Crippen molar-refractivity contribution < 1.29 is 9.90 Å². The van der Waals surface area contributed by atoms with Crippen molar-refractivity contribution in [2.24, 2.45) is 0 Å². The van der Waals surface area contributed by atoms with Crippen LogP contribution in [0.4, 0.5) is 5.95 Å². The molecule has 9 heteroatoms. The molecule has 0 spiro atoms. The van der Waals surface area contributed by atoms with Gasteiger partial charge in [0, 0.05) is 18.5 Å². The Bertz CT molecular complexity index is 597. The number of anilines is 1. The Morgan fingerprint density at radius 1 is 1.52 bits per heavy atom. The third-order valence-electron chi connectivity index (χ3n) is 2.71. The first kappa shape index (κ1) is 15.8. The second kappa shape index (κ2) is 6.90. The van der Waals surface area contributed by atoms with Crippen LogP contribution in [-0.4, -0.2) is 43.6 Å². The SMILES string of the molecule is CC(C)n1c(SCC(=O)O)nnc1N(C)Cc1cscn1. The van der Waals surface area contributed by atoms with Crippen LogP contribution in [0.15, 0.2) is 16.0 Å². The van der Waals surface area contributed by atoms with Crippen molar-refractivity contribution in [3.63, 3.8) is 0 Å². The molecule has 2 heterocycles. The molecule has 0 aliphatic carbocycles. The summed E-state index contributed by atoms with van der Waals surface area (Å²) in [5, 5.41) is 19.7. The van der Waals surface area contributed by atoms with Crippen molar-refractivity contribution in [2.45, 2.75) is 31.6 Å². The van der Waals surface area contributed by atoms with Crippen LogP contribution in [0.2, 0.25) is 0 Å². The topological polar surface area (TPSA) is 84.1 Å². The Balaban J connectivity index is 2.20. The Kier molecular flexibility index (Phi) is 5.18. The number of carboxylic acid groups (broad SMARTS) is 1. The molecule has 0 aliphatic rings. The summed E-state index contributed by atoms with van der Waals surface area (Å²) in [6, 6.07) is 0.143. The maximum Gasteiger partial charge on any atom is 0.313 e. The molecule has 0 bridgehead atoms. The van der Waals surface area contributed by atoms with Crippen molar-refractivity contribution in [1.82, 2.24) is 19.7 Å². The third kappa shape index (κ3) is 3.94. The number of aromatic nitrogens is 4. The van der Waals surface area contributed by atoms with Gasteiger partial charge < -0.3 is 10.0 Å². The summed E-state index contributed by atoms with van der Waals surface area (Å²) in [4.78, 5) is 16.9. The second-order valence-electron chi connectivity index (χ2n) is 4.76. The monoisotopic (exact) mass is 327 g/mol. The molecule has 2 rings (SSSR count). The molecule has 0 radical (unpaired) electrons. The minimum absolute atomic E-state index is 0.0271. The van der Waals surface area contributed by atoms with Gasteiger partial charge in [-0.2, -0.15) is 0 Å². The van der Waals surface area contributed by atoms with E-state index in [1.807, 2.05) is 35.7 Å². The van der Waals surface area contributed by atoms with Crippen molar-refractivity contribution >= 4 is 35.0 Å². The fourth-order valence-electron chi connectivity index (χ4n) is 1.84. The zero-order chi connectivity index (χ0) is 15.4. The maximum absolute atomic E-state index is 10.7. The molecule has 0 saturated heterocycles. The fourth-order valence-corrected chi connectivity index (χ4v) is 3.17. The molecule has 0 atom stereocenters. The zero-order valence-electron chi connectivity index (χ0n) is 12.1. The molecule has 21 heavy (non-hydrogen) atoms. The number of hydrogen-bond donors (Lipinski definition) is 1. The first-order valence-corrected chi connectivity index (χ1v) is 8.29. The van der Waals surface area contributed by atoms with Gasteiger partial charge in [0.25, 0.3) is 0 Å². The maximum atomic E-state index is 10.7. The molecule has 7 nitrogen and oxygen atoms in total. The van der Waals surface area contributed by atoms with Crippen molar-refractivity contribution in [1.29, 1.82) is 0 Å². The van der Waals surface area contributed by atoms with E-state index in [9.17, 15) is 4.79 Å². The lowest BCUT2D eigenvalue weighted by molar-refractivity contribution is -0.133. The van der Waals surface area contributed by atoms with Gasteiger partial charge in [-0.3, -0.25) is 9.36 Å². The van der Waals surface area contributed by atoms with Crippen molar-refractivity contribution in [3.05, 3.63) is 16.6 Å².